The lowest BCUT2D eigenvalue weighted by Crippen LogP contribution is -2.41. The predicted octanol–water partition coefficient (Wildman–Crippen LogP) is 1.90. The number of carbonyl (C=O) groups excluding carboxylic acids is 1. The van der Waals surface area contributed by atoms with Gasteiger partial charge in [0.25, 0.3) is 0 Å². The lowest BCUT2D eigenvalue weighted by Gasteiger charge is -2.23. The number of carbonyl (C=O) groups is 1. The van der Waals surface area contributed by atoms with Crippen molar-refractivity contribution in [3.8, 4) is 0 Å². The third-order valence-electron chi connectivity index (χ3n) is 3.42. The molecule has 4 nitrogen and oxygen atoms in total. The van der Waals surface area contributed by atoms with E-state index in [1.165, 1.54) is 10.1 Å². The van der Waals surface area contributed by atoms with Crippen molar-refractivity contribution in [3.63, 3.8) is 0 Å². The van der Waals surface area contributed by atoms with Crippen molar-refractivity contribution in [1.82, 2.24) is 10.6 Å². The van der Waals surface area contributed by atoms with E-state index in [2.05, 4.69) is 40.3 Å². The van der Waals surface area contributed by atoms with Gasteiger partial charge in [-0.25, -0.2) is 0 Å². The molecule has 1 aromatic carbocycles. The summed E-state index contributed by atoms with van der Waals surface area (Å²) in [5.41, 5.74) is 1.13. The van der Waals surface area contributed by atoms with E-state index in [-0.39, 0.29) is 12.0 Å². The van der Waals surface area contributed by atoms with Gasteiger partial charge in [-0.05, 0) is 34.5 Å². The van der Waals surface area contributed by atoms with Crippen molar-refractivity contribution in [1.29, 1.82) is 0 Å². The summed E-state index contributed by atoms with van der Waals surface area (Å²) in [5, 5.41) is 9.51. The van der Waals surface area contributed by atoms with Crippen molar-refractivity contribution in [2.45, 2.75) is 19.1 Å². The molecule has 2 heterocycles. The maximum atomic E-state index is 11.9. The van der Waals surface area contributed by atoms with E-state index in [0.717, 1.165) is 18.7 Å². The molecule has 20 heavy (non-hydrogen) atoms. The Morgan fingerprint density at radius 1 is 1.45 bits per heavy atom. The topological polar surface area (TPSA) is 50.4 Å². The number of hydrogen-bond donors (Lipinski definition) is 2. The van der Waals surface area contributed by atoms with Gasteiger partial charge in [0.05, 0.1) is 19.1 Å². The first kappa shape index (κ1) is 13.5. The van der Waals surface area contributed by atoms with E-state index in [1.807, 2.05) is 0 Å². The number of nitrogens with one attached hydrogen (secondary N) is 2. The van der Waals surface area contributed by atoms with Crippen LogP contribution in [0.5, 0.6) is 0 Å². The Morgan fingerprint density at radius 2 is 2.40 bits per heavy atom. The molecule has 1 atom stereocenters. The second-order valence-electron chi connectivity index (χ2n) is 4.97. The predicted molar refractivity (Wildman–Crippen MR) is 80.9 cm³/mol. The van der Waals surface area contributed by atoms with Crippen LogP contribution in [0.15, 0.2) is 29.6 Å². The summed E-state index contributed by atoms with van der Waals surface area (Å²) < 4.78 is 6.81. The van der Waals surface area contributed by atoms with Gasteiger partial charge >= 0.3 is 0 Å². The molecule has 0 radical (unpaired) electrons. The Hall–Kier alpha value is -1.43. The first-order chi connectivity index (χ1) is 9.81. The molecule has 1 aromatic heterocycles. The molecule has 1 fully saturated rings. The second kappa shape index (κ2) is 6.35. The number of rotatable bonds is 4. The van der Waals surface area contributed by atoms with Crippen LogP contribution < -0.4 is 10.6 Å². The molecule has 0 bridgehead atoms. The molecule has 2 N–H and O–H groups in total. The average molecular weight is 290 g/mol. The Labute approximate surface area is 122 Å². The minimum Gasteiger partial charge on any atom is -0.375 e. The summed E-state index contributed by atoms with van der Waals surface area (Å²) in [5.74, 6) is 0.0455. The van der Waals surface area contributed by atoms with Gasteiger partial charge in [0.15, 0.2) is 0 Å². The van der Waals surface area contributed by atoms with E-state index < -0.39 is 0 Å². The Balaban J connectivity index is 1.51. The summed E-state index contributed by atoms with van der Waals surface area (Å²) >= 11 is 1.73. The zero-order valence-corrected chi connectivity index (χ0v) is 12.0. The van der Waals surface area contributed by atoms with Gasteiger partial charge in [-0.1, -0.05) is 6.07 Å². The smallest absolute Gasteiger partial charge is 0.222 e. The molecule has 0 unspecified atom stereocenters. The van der Waals surface area contributed by atoms with Crippen LogP contribution in [0.4, 0.5) is 0 Å². The van der Waals surface area contributed by atoms with Crippen LogP contribution in [0.2, 0.25) is 0 Å². The molecule has 2 aromatic rings. The Kier molecular flexibility index (Phi) is 4.30. The third-order valence-corrected chi connectivity index (χ3v) is 4.32. The van der Waals surface area contributed by atoms with Gasteiger partial charge in [0.1, 0.15) is 0 Å². The van der Waals surface area contributed by atoms with Gasteiger partial charge in [0, 0.05) is 24.3 Å². The minimum absolute atomic E-state index is 0.00287. The fourth-order valence-electron chi connectivity index (χ4n) is 2.36. The van der Waals surface area contributed by atoms with E-state index in [0.29, 0.717) is 19.6 Å². The lowest BCUT2D eigenvalue weighted by atomic mass is 10.1. The van der Waals surface area contributed by atoms with Crippen molar-refractivity contribution in [2.75, 3.05) is 19.7 Å². The first-order valence-corrected chi connectivity index (χ1v) is 7.74. The van der Waals surface area contributed by atoms with Gasteiger partial charge in [-0.15, -0.1) is 11.3 Å². The molecule has 0 spiro atoms. The normalized spacial score (nSPS) is 19.1. The van der Waals surface area contributed by atoms with Crippen LogP contribution in [0.1, 0.15) is 12.0 Å². The molecule has 0 aliphatic carbocycles. The first-order valence-electron chi connectivity index (χ1n) is 6.86. The van der Waals surface area contributed by atoms with Crippen LogP contribution >= 0.6 is 11.3 Å². The number of hydrogen-bond acceptors (Lipinski definition) is 4. The number of amides is 1. The van der Waals surface area contributed by atoms with Crippen molar-refractivity contribution in [2.24, 2.45) is 0 Å². The number of fused-ring (bicyclic) bond motifs is 1. The zero-order chi connectivity index (χ0) is 13.8. The molecule has 1 amide bonds. The highest BCUT2D eigenvalue weighted by Gasteiger charge is 2.16. The molecule has 106 valence electrons. The van der Waals surface area contributed by atoms with Crippen LogP contribution in [0.25, 0.3) is 10.1 Å². The maximum Gasteiger partial charge on any atom is 0.222 e. The van der Waals surface area contributed by atoms with Crippen molar-refractivity contribution >= 4 is 27.3 Å². The van der Waals surface area contributed by atoms with Crippen molar-refractivity contribution in [3.05, 3.63) is 35.2 Å². The second-order valence-corrected chi connectivity index (χ2v) is 5.92. The average Bonchev–Trinajstić information content (AvgIpc) is 2.93. The lowest BCUT2D eigenvalue weighted by molar-refractivity contribution is -0.124. The zero-order valence-electron chi connectivity index (χ0n) is 11.2. The summed E-state index contributed by atoms with van der Waals surface area (Å²) in [6.45, 7) is 2.89. The van der Waals surface area contributed by atoms with E-state index in [1.54, 1.807) is 11.3 Å². The van der Waals surface area contributed by atoms with Crippen LogP contribution in [0.3, 0.4) is 0 Å². The molecule has 0 saturated carbocycles. The molecule has 3 rings (SSSR count). The van der Waals surface area contributed by atoms with Crippen molar-refractivity contribution < 1.29 is 9.53 Å². The highest BCUT2D eigenvalue weighted by Crippen LogP contribution is 2.21. The summed E-state index contributed by atoms with van der Waals surface area (Å²) in [6, 6.07) is 8.41. The quantitative estimate of drug-likeness (QED) is 0.904. The minimum atomic E-state index is 0.00287. The molecule has 1 saturated heterocycles. The number of benzene rings is 1. The SMILES string of the molecule is O=C(C[C@H]1CNCCO1)NCc1ccc2sccc2c1. The van der Waals surface area contributed by atoms with Gasteiger partial charge in [0.2, 0.25) is 5.91 Å². The van der Waals surface area contributed by atoms with Crippen LogP contribution in [-0.4, -0.2) is 31.7 Å². The van der Waals surface area contributed by atoms with E-state index in [9.17, 15) is 4.79 Å². The van der Waals surface area contributed by atoms with Crippen LogP contribution in [-0.2, 0) is 16.1 Å². The standard InChI is InChI=1S/C15H18N2O2S/c18-15(8-13-10-16-4-5-19-13)17-9-11-1-2-14-12(7-11)3-6-20-14/h1-3,6-7,13,16H,4-5,8-10H2,(H,17,18)/t13-/m0/s1. The van der Waals surface area contributed by atoms with E-state index >= 15 is 0 Å². The summed E-state index contributed by atoms with van der Waals surface area (Å²) in [7, 11) is 0. The maximum absolute atomic E-state index is 11.9. The third kappa shape index (κ3) is 3.36. The number of thiophene rings is 1. The summed E-state index contributed by atoms with van der Waals surface area (Å²) in [4.78, 5) is 11.9. The monoisotopic (exact) mass is 290 g/mol. The molecular weight excluding hydrogens is 272 g/mol. The fraction of sp³-hybridized carbons (Fsp3) is 0.400. The van der Waals surface area contributed by atoms with Gasteiger partial charge in [-0.3, -0.25) is 4.79 Å². The highest BCUT2D eigenvalue weighted by atomic mass is 32.1. The summed E-state index contributed by atoms with van der Waals surface area (Å²) in [6.07, 6.45) is 0.427. The van der Waals surface area contributed by atoms with Crippen LogP contribution in [0, 0.1) is 0 Å². The van der Waals surface area contributed by atoms with Gasteiger partial charge in [-0.2, -0.15) is 0 Å². The molecule has 5 heteroatoms. The molecular formula is C15H18N2O2S. The Morgan fingerprint density at radius 3 is 3.25 bits per heavy atom. The number of morpholine rings is 1. The number of ether oxygens (including phenoxy) is 1. The highest BCUT2D eigenvalue weighted by molar-refractivity contribution is 7.17. The fourth-order valence-corrected chi connectivity index (χ4v) is 3.13. The Bertz CT molecular complexity index is 590. The van der Waals surface area contributed by atoms with Gasteiger partial charge < -0.3 is 15.4 Å². The molecule has 1 aliphatic heterocycles. The molecule has 1 aliphatic rings. The van der Waals surface area contributed by atoms with E-state index in [4.69, 9.17) is 4.74 Å². The largest absolute Gasteiger partial charge is 0.375 e.